The highest BCUT2D eigenvalue weighted by Gasteiger charge is 2.26. The van der Waals surface area contributed by atoms with Gasteiger partial charge in [-0.1, -0.05) is 42.7 Å². The maximum atomic E-state index is 12.3. The van der Waals surface area contributed by atoms with Crippen LogP contribution in [-0.4, -0.2) is 67.6 Å². The van der Waals surface area contributed by atoms with Crippen LogP contribution in [-0.2, 0) is 9.53 Å². The summed E-state index contributed by atoms with van der Waals surface area (Å²) in [6.07, 6.45) is 4.66. The number of anilines is 1. The highest BCUT2D eigenvalue weighted by molar-refractivity contribution is 7.18. The van der Waals surface area contributed by atoms with Gasteiger partial charge in [-0.25, -0.2) is 9.78 Å². The highest BCUT2D eigenvalue weighted by atomic mass is 35.5. The molecule has 2 aliphatic rings. The van der Waals surface area contributed by atoms with Crippen LogP contribution in [0.3, 0.4) is 0 Å². The molecule has 2 heterocycles. The van der Waals surface area contributed by atoms with Crippen molar-refractivity contribution < 1.29 is 14.3 Å². The minimum atomic E-state index is -0.462. The minimum absolute atomic E-state index is 0.118. The maximum absolute atomic E-state index is 12.3. The molecule has 1 aromatic rings. The number of aromatic nitrogens is 1. The number of methoxy groups -OCH3 is 1. The van der Waals surface area contributed by atoms with Crippen molar-refractivity contribution in [3.05, 3.63) is 10.0 Å². The van der Waals surface area contributed by atoms with E-state index in [1.54, 1.807) is 0 Å². The van der Waals surface area contributed by atoms with Crippen LogP contribution in [0.25, 0.3) is 0 Å². The highest BCUT2D eigenvalue weighted by Crippen LogP contribution is 2.30. The first-order valence-corrected chi connectivity index (χ1v) is 10.7. The van der Waals surface area contributed by atoms with Gasteiger partial charge in [-0.3, -0.25) is 9.69 Å². The van der Waals surface area contributed by atoms with Crippen LogP contribution in [0, 0.1) is 5.92 Å². The number of thiazole rings is 1. The summed E-state index contributed by atoms with van der Waals surface area (Å²) in [4.78, 5) is 32.9. The Kier molecular flexibility index (Phi) is 6.94. The molecule has 2 atom stereocenters. The Morgan fingerprint density at radius 2 is 2.04 bits per heavy atom. The molecule has 9 heteroatoms. The topological polar surface area (TPSA) is 74.8 Å². The molecule has 2 fully saturated rings. The van der Waals surface area contributed by atoms with Crippen molar-refractivity contribution in [1.82, 2.24) is 15.2 Å². The van der Waals surface area contributed by atoms with Crippen molar-refractivity contribution in [2.45, 2.75) is 38.6 Å². The molecule has 0 bridgehead atoms. The largest absolute Gasteiger partial charge is 0.465 e. The predicted molar refractivity (Wildman–Crippen MR) is 107 cm³/mol. The Morgan fingerprint density at radius 3 is 2.70 bits per heavy atom. The quantitative estimate of drug-likeness (QED) is 0.746. The van der Waals surface area contributed by atoms with E-state index >= 15 is 0 Å². The van der Waals surface area contributed by atoms with Gasteiger partial charge in [-0.15, -0.1) is 0 Å². The van der Waals surface area contributed by atoms with Crippen LogP contribution in [0.4, 0.5) is 5.13 Å². The standard InChI is InChI=1S/C18H27ClN4O3S/c1-12-4-3-5-13(10-12)20-14(24)11-22-6-8-23(9-7-22)18-21-16(19)15(27-18)17(25)26-2/h12-13H,3-11H2,1-2H3,(H,20,24). The second-order valence-electron chi connectivity index (χ2n) is 7.41. The van der Waals surface area contributed by atoms with E-state index in [-0.39, 0.29) is 11.1 Å². The first-order chi connectivity index (χ1) is 13.0. The molecule has 3 rings (SSSR count). The number of nitrogens with zero attached hydrogens (tertiary/aromatic N) is 3. The van der Waals surface area contributed by atoms with E-state index in [1.165, 1.54) is 31.3 Å². The minimum Gasteiger partial charge on any atom is -0.465 e. The van der Waals surface area contributed by atoms with Gasteiger partial charge in [0.25, 0.3) is 0 Å². The number of piperazine rings is 1. The number of hydrogen-bond donors (Lipinski definition) is 1. The zero-order valence-electron chi connectivity index (χ0n) is 15.9. The van der Waals surface area contributed by atoms with Crippen molar-refractivity contribution in [3.63, 3.8) is 0 Å². The Hall–Kier alpha value is -1.38. The number of carbonyl (C=O) groups is 2. The Morgan fingerprint density at radius 1 is 1.30 bits per heavy atom. The molecule has 0 aromatic carbocycles. The maximum Gasteiger partial charge on any atom is 0.351 e. The van der Waals surface area contributed by atoms with E-state index in [9.17, 15) is 9.59 Å². The monoisotopic (exact) mass is 414 g/mol. The summed E-state index contributed by atoms with van der Waals surface area (Å²) in [6.45, 7) is 5.74. The summed E-state index contributed by atoms with van der Waals surface area (Å²) in [6, 6.07) is 0.330. The first-order valence-electron chi connectivity index (χ1n) is 9.47. The van der Waals surface area contributed by atoms with Crippen LogP contribution < -0.4 is 10.2 Å². The molecule has 0 spiro atoms. The molecule has 1 aliphatic heterocycles. The van der Waals surface area contributed by atoms with Crippen molar-refractivity contribution in [2.75, 3.05) is 44.7 Å². The van der Waals surface area contributed by atoms with E-state index in [0.717, 1.165) is 44.2 Å². The summed E-state index contributed by atoms with van der Waals surface area (Å²) < 4.78 is 4.72. The normalized spacial score (nSPS) is 23.9. The lowest BCUT2D eigenvalue weighted by Gasteiger charge is -2.34. The van der Waals surface area contributed by atoms with Crippen molar-refractivity contribution in [2.24, 2.45) is 5.92 Å². The molecule has 1 saturated carbocycles. The molecule has 1 N–H and O–H groups in total. The lowest BCUT2D eigenvalue weighted by molar-refractivity contribution is -0.123. The molecule has 1 aromatic heterocycles. The molecular weight excluding hydrogens is 388 g/mol. The van der Waals surface area contributed by atoms with E-state index in [1.807, 2.05) is 0 Å². The Bertz CT molecular complexity index is 676. The Balaban J connectivity index is 1.46. The first kappa shape index (κ1) is 20.4. The Labute approximate surface area is 169 Å². The molecule has 150 valence electrons. The summed E-state index contributed by atoms with van der Waals surface area (Å²) in [5.74, 6) is 0.358. The molecule has 0 radical (unpaired) electrons. The van der Waals surface area contributed by atoms with Gasteiger partial charge < -0.3 is 15.0 Å². The average molecular weight is 415 g/mol. The number of amides is 1. The summed E-state index contributed by atoms with van der Waals surface area (Å²) in [5.41, 5.74) is 0. The molecule has 1 saturated heterocycles. The van der Waals surface area contributed by atoms with Crippen LogP contribution >= 0.6 is 22.9 Å². The van der Waals surface area contributed by atoms with E-state index in [4.69, 9.17) is 16.3 Å². The number of rotatable bonds is 5. The van der Waals surface area contributed by atoms with Gasteiger partial charge in [0.1, 0.15) is 0 Å². The third-order valence-electron chi connectivity index (χ3n) is 5.26. The fourth-order valence-corrected chi connectivity index (χ4v) is 5.03. The number of esters is 1. The van der Waals surface area contributed by atoms with E-state index in [0.29, 0.717) is 23.4 Å². The van der Waals surface area contributed by atoms with E-state index < -0.39 is 5.97 Å². The van der Waals surface area contributed by atoms with Gasteiger partial charge in [0, 0.05) is 32.2 Å². The lowest BCUT2D eigenvalue weighted by atomic mass is 9.87. The molecule has 2 unspecified atom stereocenters. The van der Waals surface area contributed by atoms with Gasteiger partial charge in [0.05, 0.1) is 13.7 Å². The number of ether oxygens (including phenoxy) is 1. The molecular formula is C18H27ClN4O3S. The van der Waals surface area contributed by atoms with Crippen LogP contribution in [0.1, 0.15) is 42.3 Å². The van der Waals surface area contributed by atoms with Gasteiger partial charge in [0.2, 0.25) is 5.91 Å². The summed E-state index contributed by atoms with van der Waals surface area (Å²) in [5, 5.41) is 4.10. The second kappa shape index (κ2) is 9.21. The summed E-state index contributed by atoms with van der Waals surface area (Å²) >= 11 is 7.29. The number of halogens is 1. The molecule has 1 amide bonds. The predicted octanol–water partition coefficient (Wildman–Crippen LogP) is 2.40. The van der Waals surface area contributed by atoms with Gasteiger partial charge in [-0.05, 0) is 18.8 Å². The molecule has 7 nitrogen and oxygen atoms in total. The van der Waals surface area contributed by atoms with Gasteiger partial charge in [0.15, 0.2) is 15.2 Å². The van der Waals surface area contributed by atoms with E-state index in [2.05, 4.69) is 27.0 Å². The SMILES string of the molecule is COC(=O)c1sc(N2CCN(CC(=O)NC3CCCC(C)C3)CC2)nc1Cl. The molecule has 1 aliphatic carbocycles. The second-order valence-corrected chi connectivity index (χ2v) is 8.74. The van der Waals surface area contributed by atoms with Gasteiger partial charge >= 0.3 is 5.97 Å². The van der Waals surface area contributed by atoms with Crippen molar-refractivity contribution in [3.8, 4) is 0 Å². The van der Waals surface area contributed by atoms with Crippen molar-refractivity contribution in [1.29, 1.82) is 0 Å². The average Bonchev–Trinajstić information content (AvgIpc) is 3.03. The third kappa shape index (κ3) is 5.33. The van der Waals surface area contributed by atoms with Gasteiger partial charge in [-0.2, -0.15) is 0 Å². The zero-order chi connectivity index (χ0) is 19.4. The fourth-order valence-electron chi connectivity index (χ4n) is 3.78. The lowest BCUT2D eigenvalue weighted by Crippen LogP contribution is -2.50. The molecule has 27 heavy (non-hydrogen) atoms. The summed E-state index contributed by atoms with van der Waals surface area (Å²) in [7, 11) is 1.33. The van der Waals surface area contributed by atoms with Crippen LogP contribution in [0.15, 0.2) is 0 Å². The third-order valence-corrected chi connectivity index (χ3v) is 6.74. The van der Waals surface area contributed by atoms with Crippen LogP contribution in [0.5, 0.6) is 0 Å². The smallest absolute Gasteiger partial charge is 0.351 e. The number of hydrogen-bond acceptors (Lipinski definition) is 7. The van der Waals surface area contributed by atoms with Crippen molar-refractivity contribution >= 4 is 39.9 Å². The van der Waals surface area contributed by atoms with Crippen LogP contribution in [0.2, 0.25) is 5.15 Å². The number of nitrogens with one attached hydrogen (secondary N) is 1. The fraction of sp³-hybridized carbons (Fsp3) is 0.722. The number of carbonyl (C=O) groups excluding carboxylic acids is 2. The zero-order valence-corrected chi connectivity index (χ0v) is 17.4.